The molecule has 3 saturated carbocycles. The molecule has 0 spiro atoms. The van der Waals surface area contributed by atoms with E-state index in [1.807, 2.05) is 13.8 Å². The summed E-state index contributed by atoms with van der Waals surface area (Å²) in [5, 5.41) is 10.4. The second kappa shape index (κ2) is 17.9. The van der Waals surface area contributed by atoms with Crippen LogP contribution in [-0.4, -0.2) is 36.8 Å². The molecule has 0 aliphatic heterocycles. The molecule has 27 heavy (non-hydrogen) atoms. The molecule has 3 N–H and O–H groups in total. The molecule has 3 rings (SSSR count). The van der Waals surface area contributed by atoms with Crippen LogP contribution in [0.2, 0.25) is 0 Å². The molecule has 0 saturated heterocycles. The van der Waals surface area contributed by atoms with Crippen molar-refractivity contribution >= 4 is 0 Å². The van der Waals surface area contributed by atoms with Crippen LogP contribution in [0.15, 0.2) is 0 Å². The van der Waals surface area contributed by atoms with Gasteiger partial charge >= 0.3 is 0 Å². The SMILES string of the molecule is CC.CC(C)NC1CC1.CC(C)NC1CCCC1.CCNC1CCCCC1. The minimum Gasteiger partial charge on any atom is -0.314 e. The van der Waals surface area contributed by atoms with Crippen molar-refractivity contribution in [1.29, 1.82) is 0 Å². The summed E-state index contributed by atoms with van der Waals surface area (Å²) in [5.74, 6) is 0. The van der Waals surface area contributed by atoms with Crippen LogP contribution in [-0.2, 0) is 0 Å². The highest BCUT2D eigenvalue weighted by molar-refractivity contribution is 4.81. The second-order valence-corrected chi connectivity index (χ2v) is 8.79. The first-order valence-corrected chi connectivity index (χ1v) is 12.3. The van der Waals surface area contributed by atoms with E-state index in [0.717, 1.165) is 24.7 Å². The smallest absolute Gasteiger partial charge is 0.00705 e. The molecule has 0 aromatic heterocycles. The fourth-order valence-electron chi connectivity index (χ4n) is 3.88. The lowest BCUT2D eigenvalue weighted by molar-refractivity contribution is 0.380. The van der Waals surface area contributed by atoms with E-state index in [2.05, 4.69) is 50.6 Å². The Bertz CT molecular complexity index is 285. The molecule has 0 amide bonds. The Morgan fingerprint density at radius 1 is 0.593 bits per heavy atom. The highest BCUT2D eigenvalue weighted by Crippen LogP contribution is 2.19. The molecule has 0 atom stereocenters. The van der Waals surface area contributed by atoms with Gasteiger partial charge < -0.3 is 16.0 Å². The number of rotatable bonds is 6. The Hall–Kier alpha value is -0.120. The van der Waals surface area contributed by atoms with Gasteiger partial charge in [0.05, 0.1) is 0 Å². The van der Waals surface area contributed by atoms with E-state index < -0.39 is 0 Å². The third-order valence-corrected chi connectivity index (χ3v) is 5.17. The fourth-order valence-corrected chi connectivity index (χ4v) is 3.88. The van der Waals surface area contributed by atoms with Gasteiger partial charge in [0.25, 0.3) is 0 Å². The van der Waals surface area contributed by atoms with Crippen LogP contribution in [0.4, 0.5) is 0 Å². The molecule has 0 radical (unpaired) electrons. The Morgan fingerprint density at radius 2 is 0.963 bits per heavy atom. The van der Waals surface area contributed by atoms with E-state index >= 15 is 0 Å². The Morgan fingerprint density at radius 3 is 1.33 bits per heavy atom. The van der Waals surface area contributed by atoms with Gasteiger partial charge in [-0.1, -0.05) is 80.6 Å². The van der Waals surface area contributed by atoms with Crippen LogP contribution >= 0.6 is 0 Å². The summed E-state index contributed by atoms with van der Waals surface area (Å²) >= 11 is 0. The lowest BCUT2D eigenvalue weighted by Crippen LogP contribution is -2.32. The number of nitrogens with one attached hydrogen (secondary N) is 3. The van der Waals surface area contributed by atoms with E-state index in [-0.39, 0.29) is 0 Å². The Balaban J connectivity index is 0.000000361. The average molecular weight is 384 g/mol. The van der Waals surface area contributed by atoms with E-state index in [4.69, 9.17) is 0 Å². The van der Waals surface area contributed by atoms with E-state index in [9.17, 15) is 0 Å². The summed E-state index contributed by atoms with van der Waals surface area (Å²) in [4.78, 5) is 0. The molecule has 3 aliphatic rings. The van der Waals surface area contributed by atoms with Gasteiger partial charge in [0.1, 0.15) is 0 Å². The zero-order valence-corrected chi connectivity index (χ0v) is 19.9. The zero-order chi connectivity index (χ0) is 20.5. The van der Waals surface area contributed by atoms with E-state index in [0.29, 0.717) is 12.1 Å². The van der Waals surface area contributed by atoms with Crippen molar-refractivity contribution in [1.82, 2.24) is 16.0 Å². The highest BCUT2D eigenvalue weighted by Gasteiger charge is 2.20. The van der Waals surface area contributed by atoms with Crippen molar-refractivity contribution in [3.05, 3.63) is 0 Å². The zero-order valence-electron chi connectivity index (χ0n) is 19.9. The summed E-state index contributed by atoms with van der Waals surface area (Å²) in [6, 6.07) is 3.93. The van der Waals surface area contributed by atoms with Crippen molar-refractivity contribution in [2.24, 2.45) is 0 Å². The molecule has 3 nitrogen and oxygen atoms in total. The topological polar surface area (TPSA) is 36.1 Å². The third kappa shape index (κ3) is 17.7. The Kier molecular flexibility index (Phi) is 17.9. The first-order valence-electron chi connectivity index (χ1n) is 12.3. The first kappa shape index (κ1) is 26.9. The van der Waals surface area contributed by atoms with Crippen molar-refractivity contribution in [3.63, 3.8) is 0 Å². The molecule has 0 unspecified atom stereocenters. The predicted octanol–water partition coefficient (Wildman–Crippen LogP) is 6.03. The van der Waals surface area contributed by atoms with Crippen molar-refractivity contribution in [3.8, 4) is 0 Å². The van der Waals surface area contributed by atoms with Gasteiger partial charge in [-0.15, -0.1) is 0 Å². The average Bonchev–Trinajstić information content (AvgIpc) is 3.30. The van der Waals surface area contributed by atoms with E-state index in [1.54, 1.807) is 0 Å². The van der Waals surface area contributed by atoms with Crippen molar-refractivity contribution in [2.45, 2.75) is 149 Å². The molecular formula is C24H53N3. The first-order chi connectivity index (χ1) is 13.0. The van der Waals surface area contributed by atoms with Gasteiger partial charge in [0, 0.05) is 30.2 Å². The maximum atomic E-state index is 3.54. The summed E-state index contributed by atoms with van der Waals surface area (Å²) in [6.45, 7) is 16.2. The summed E-state index contributed by atoms with van der Waals surface area (Å²) in [5.41, 5.74) is 0. The maximum Gasteiger partial charge on any atom is 0.00705 e. The Labute approximate surface area is 172 Å². The van der Waals surface area contributed by atoms with Gasteiger partial charge in [-0.25, -0.2) is 0 Å². The molecule has 0 aromatic carbocycles. The van der Waals surface area contributed by atoms with Crippen LogP contribution in [0, 0.1) is 0 Å². The monoisotopic (exact) mass is 383 g/mol. The molecular weight excluding hydrogens is 330 g/mol. The summed E-state index contributed by atoms with van der Waals surface area (Å²) in [7, 11) is 0. The van der Waals surface area contributed by atoms with Crippen LogP contribution in [0.25, 0.3) is 0 Å². The molecule has 0 aromatic rings. The lowest BCUT2D eigenvalue weighted by Gasteiger charge is -2.21. The third-order valence-electron chi connectivity index (χ3n) is 5.17. The quantitative estimate of drug-likeness (QED) is 0.524. The van der Waals surface area contributed by atoms with Crippen LogP contribution < -0.4 is 16.0 Å². The van der Waals surface area contributed by atoms with Crippen LogP contribution in [0.1, 0.15) is 119 Å². The van der Waals surface area contributed by atoms with E-state index in [1.165, 1.54) is 70.6 Å². The van der Waals surface area contributed by atoms with Crippen molar-refractivity contribution in [2.75, 3.05) is 6.54 Å². The molecule has 164 valence electrons. The standard InChI is InChI=1S/2C8H17N.C6H13N.C2H6/c1-7(2)9-8-5-3-4-6-8;1-2-9-8-6-4-3-5-7-8;1-5(2)7-6-3-4-6;1-2/h7-9H,3-6H2,1-2H3;8-9H,2-7H2,1H3;5-7H,3-4H2,1-2H3;1-2H3. The molecule has 3 heteroatoms. The summed E-state index contributed by atoms with van der Waals surface area (Å²) < 4.78 is 0. The second-order valence-electron chi connectivity index (χ2n) is 8.79. The van der Waals surface area contributed by atoms with Gasteiger partial charge in [-0.2, -0.15) is 0 Å². The predicted molar refractivity (Wildman–Crippen MR) is 124 cm³/mol. The van der Waals surface area contributed by atoms with Crippen molar-refractivity contribution < 1.29 is 0 Å². The summed E-state index contributed by atoms with van der Waals surface area (Å²) in [6.07, 6.45) is 15.6. The maximum absolute atomic E-state index is 3.54. The minimum absolute atomic E-state index is 0.674. The minimum atomic E-state index is 0.674. The fraction of sp³-hybridized carbons (Fsp3) is 1.00. The number of hydrogen-bond donors (Lipinski definition) is 3. The molecule has 3 fully saturated rings. The lowest BCUT2D eigenvalue weighted by atomic mass is 9.96. The highest BCUT2D eigenvalue weighted by atomic mass is 15.0. The normalized spacial score (nSPS) is 20.3. The largest absolute Gasteiger partial charge is 0.314 e. The van der Waals surface area contributed by atoms with Gasteiger partial charge in [0.2, 0.25) is 0 Å². The van der Waals surface area contributed by atoms with Gasteiger partial charge in [0.15, 0.2) is 0 Å². The molecule has 0 heterocycles. The number of hydrogen-bond acceptors (Lipinski definition) is 3. The van der Waals surface area contributed by atoms with Gasteiger partial charge in [-0.3, -0.25) is 0 Å². The van der Waals surface area contributed by atoms with Crippen LogP contribution in [0.3, 0.4) is 0 Å². The van der Waals surface area contributed by atoms with Crippen LogP contribution in [0.5, 0.6) is 0 Å². The molecule has 3 aliphatic carbocycles. The van der Waals surface area contributed by atoms with Gasteiger partial charge in [-0.05, 0) is 45.1 Å². The molecule has 0 bridgehead atoms.